The zero-order chi connectivity index (χ0) is 28.0. The normalized spacial score (nSPS) is 14.9. The maximum Gasteiger partial charge on any atom is 0.263 e. The van der Waals surface area contributed by atoms with E-state index in [9.17, 15) is 9.90 Å². The van der Waals surface area contributed by atoms with Gasteiger partial charge in [0.25, 0.3) is 5.56 Å². The van der Waals surface area contributed by atoms with Crippen molar-refractivity contribution in [2.24, 2.45) is 0 Å². The average Bonchev–Trinajstić information content (AvgIpc) is 2.94. The van der Waals surface area contributed by atoms with E-state index in [1.54, 1.807) is 12.1 Å². The van der Waals surface area contributed by atoms with Gasteiger partial charge >= 0.3 is 0 Å². The van der Waals surface area contributed by atoms with Gasteiger partial charge in [-0.05, 0) is 85.0 Å². The van der Waals surface area contributed by atoms with Crippen molar-refractivity contribution in [2.75, 3.05) is 5.73 Å². The standard InChI is InChI=1S/C34H32N4O2/c1-4-22-15-25(32-31(33(35)37-19-36-32)30(22)24-12-8-13-27(39)18-24)17-26-16-23-11-7-10-21(3)29(23)34(40)38(26)28-14-6-5-9-20(28)2/h5-14,16,18-19,25,39H,4,15,17H2,1-3H3,(H2,35,36,37). The summed E-state index contributed by atoms with van der Waals surface area (Å²) in [6.45, 7) is 6.17. The van der Waals surface area contributed by atoms with Gasteiger partial charge in [-0.15, -0.1) is 0 Å². The summed E-state index contributed by atoms with van der Waals surface area (Å²) in [7, 11) is 0. The fourth-order valence-corrected chi connectivity index (χ4v) is 6.22. The summed E-state index contributed by atoms with van der Waals surface area (Å²) in [4.78, 5) is 23.3. The summed E-state index contributed by atoms with van der Waals surface area (Å²) in [5.74, 6) is 0.617. The van der Waals surface area contributed by atoms with Gasteiger partial charge in [0.15, 0.2) is 0 Å². The maximum atomic E-state index is 14.1. The van der Waals surface area contributed by atoms with Crippen molar-refractivity contribution < 1.29 is 5.11 Å². The van der Waals surface area contributed by atoms with Gasteiger partial charge in [-0.2, -0.15) is 0 Å². The molecule has 6 nitrogen and oxygen atoms in total. The number of pyridine rings is 1. The largest absolute Gasteiger partial charge is 0.508 e. The van der Waals surface area contributed by atoms with E-state index in [1.807, 2.05) is 73.0 Å². The Bertz CT molecular complexity index is 1870. The molecule has 0 amide bonds. The smallest absolute Gasteiger partial charge is 0.263 e. The predicted molar refractivity (Wildman–Crippen MR) is 161 cm³/mol. The fourth-order valence-electron chi connectivity index (χ4n) is 6.22. The number of aryl methyl sites for hydroxylation is 2. The van der Waals surface area contributed by atoms with E-state index in [1.165, 1.54) is 11.9 Å². The van der Waals surface area contributed by atoms with E-state index >= 15 is 0 Å². The minimum atomic E-state index is -0.00941. The molecule has 1 atom stereocenters. The van der Waals surface area contributed by atoms with Gasteiger partial charge in [0.1, 0.15) is 17.9 Å². The summed E-state index contributed by atoms with van der Waals surface area (Å²) >= 11 is 0. The second-order valence-corrected chi connectivity index (χ2v) is 10.6. The Morgan fingerprint density at radius 2 is 1.75 bits per heavy atom. The number of nitrogens with zero attached hydrogens (tertiary/aromatic N) is 3. The van der Waals surface area contributed by atoms with Crippen LogP contribution in [0.5, 0.6) is 5.75 Å². The number of rotatable bonds is 5. The Labute approximate surface area is 233 Å². The quantitative estimate of drug-likeness (QED) is 0.267. The van der Waals surface area contributed by atoms with E-state index in [0.29, 0.717) is 12.2 Å². The average molecular weight is 529 g/mol. The molecule has 1 unspecified atom stereocenters. The van der Waals surface area contributed by atoms with Gasteiger partial charge in [0, 0.05) is 17.2 Å². The Morgan fingerprint density at radius 1 is 0.975 bits per heavy atom. The number of fused-ring (bicyclic) bond motifs is 2. The first kappa shape index (κ1) is 25.6. The number of nitrogens with two attached hydrogens (primary N) is 1. The Balaban J connectivity index is 1.56. The summed E-state index contributed by atoms with van der Waals surface area (Å²) in [5.41, 5.74) is 15.2. The molecule has 6 heteroatoms. The molecule has 2 aromatic heterocycles. The lowest BCUT2D eigenvalue weighted by atomic mass is 9.76. The minimum Gasteiger partial charge on any atom is -0.508 e. The van der Waals surface area contributed by atoms with Crippen molar-refractivity contribution in [1.82, 2.24) is 14.5 Å². The third-order valence-corrected chi connectivity index (χ3v) is 8.09. The van der Waals surface area contributed by atoms with E-state index in [0.717, 1.165) is 68.5 Å². The molecular formula is C34H32N4O2. The molecule has 200 valence electrons. The van der Waals surface area contributed by atoms with E-state index < -0.39 is 0 Å². The van der Waals surface area contributed by atoms with Crippen LogP contribution in [0.1, 0.15) is 59.3 Å². The summed E-state index contributed by atoms with van der Waals surface area (Å²) in [5, 5.41) is 11.9. The Kier molecular flexibility index (Phi) is 6.46. The molecule has 40 heavy (non-hydrogen) atoms. The van der Waals surface area contributed by atoms with E-state index in [2.05, 4.69) is 18.0 Å². The number of aromatic nitrogens is 3. The molecule has 0 fully saturated rings. The van der Waals surface area contributed by atoms with Gasteiger partial charge in [0.2, 0.25) is 0 Å². The molecule has 5 aromatic rings. The number of phenols is 1. The monoisotopic (exact) mass is 528 g/mol. The van der Waals surface area contributed by atoms with Crippen molar-refractivity contribution >= 4 is 22.2 Å². The lowest BCUT2D eigenvalue weighted by Crippen LogP contribution is -2.26. The number of para-hydroxylation sites is 1. The van der Waals surface area contributed by atoms with Crippen LogP contribution in [0.4, 0.5) is 5.82 Å². The molecule has 2 heterocycles. The van der Waals surface area contributed by atoms with Crippen LogP contribution in [0.2, 0.25) is 0 Å². The van der Waals surface area contributed by atoms with Crippen LogP contribution in [0, 0.1) is 13.8 Å². The fraction of sp³-hybridized carbons (Fsp3) is 0.206. The van der Waals surface area contributed by atoms with Crippen LogP contribution in [0.3, 0.4) is 0 Å². The van der Waals surface area contributed by atoms with Crippen molar-refractivity contribution in [3.63, 3.8) is 0 Å². The van der Waals surface area contributed by atoms with Crippen LogP contribution >= 0.6 is 0 Å². The minimum absolute atomic E-state index is 0.00626. The van der Waals surface area contributed by atoms with E-state index in [-0.39, 0.29) is 17.2 Å². The SMILES string of the molecule is CCC1=C(c2cccc(O)c2)c2c(N)ncnc2C(Cc2cc3cccc(C)c3c(=O)n2-c2ccccc2C)C1. The molecule has 6 rings (SSSR count). The first-order valence-electron chi connectivity index (χ1n) is 13.7. The molecule has 1 aliphatic carbocycles. The highest BCUT2D eigenvalue weighted by molar-refractivity contribution is 5.89. The lowest BCUT2D eigenvalue weighted by molar-refractivity contribution is 0.475. The van der Waals surface area contributed by atoms with Crippen LogP contribution in [-0.2, 0) is 6.42 Å². The topological polar surface area (TPSA) is 94.0 Å². The van der Waals surface area contributed by atoms with Crippen molar-refractivity contribution in [3.05, 3.63) is 129 Å². The first-order chi connectivity index (χ1) is 19.4. The van der Waals surface area contributed by atoms with Gasteiger partial charge in [-0.3, -0.25) is 9.36 Å². The molecule has 0 radical (unpaired) electrons. The molecule has 0 saturated heterocycles. The molecule has 3 N–H and O–H groups in total. The summed E-state index contributed by atoms with van der Waals surface area (Å²) < 4.78 is 1.88. The van der Waals surface area contributed by atoms with E-state index in [4.69, 9.17) is 10.7 Å². The van der Waals surface area contributed by atoms with Crippen LogP contribution in [0.15, 0.2) is 89.5 Å². The second-order valence-electron chi connectivity index (χ2n) is 10.6. The number of nitrogen functional groups attached to an aromatic ring is 1. The number of phenolic OH excluding ortho intramolecular Hbond substituents is 1. The van der Waals surface area contributed by atoms with Crippen molar-refractivity contribution in [1.29, 1.82) is 0 Å². The van der Waals surface area contributed by atoms with Crippen LogP contribution in [0.25, 0.3) is 22.0 Å². The van der Waals surface area contributed by atoms with Crippen molar-refractivity contribution in [2.45, 2.75) is 46.0 Å². The summed E-state index contributed by atoms with van der Waals surface area (Å²) in [6, 6.07) is 23.4. The first-order valence-corrected chi connectivity index (χ1v) is 13.7. The highest BCUT2D eigenvalue weighted by Gasteiger charge is 2.31. The zero-order valence-corrected chi connectivity index (χ0v) is 23.0. The number of anilines is 1. The summed E-state index contributed by atoms with van der Waals surface area (Å²) in [6.07, 6.45) is 3.71. The van der Waals surface area contributed by atoms with Crippen LogP contribution in [-0.4, -0.2) is 19.6 Å². The van der Waals surface area contributed by atoms with Gasteiger partial charge in [-0.1, -0.05) is 61.0 Å². The number of aromatic hydroxyl groups is 1. The molecule has 1 aliphatic rings. The van der Waals surface area contributed by atoms with Gasteiger partial charge in [-0.25, -0.2) is 9.97 Å². The number of benzene rings is 3. The number of allylic oxidation sites excluding steroid dienone is 1. The maximum absolute atomic E-state index is 14.1. The molecule has 3 aromatic carbocycles. The van der Waals surface area contributed by atoms with Crippen molar-refractivity contribution in [3.8, 4) is 11.4 Å². The number of hydrogen-bond acceptors (Lipinski definition) is 5. The third-order valence-electron chi connectivity index (χ3n) is 8.09. The molecule has 0 spiro atoms. The third kappa shape index (κ3) is 4.26. The molecule has 0 aliphatic heterocycles. The molecular weight excluding hydrogens is 496 g/mol. The highest BCUT2D eigenvalue weighted by Crippen LogP contribution is 2.45. The molecule has 0 saturated carbocycles. The Hall–Kier alpha value is -4.71. The Morgan fingerprint density at radius 3 is 2.52 bits per heavy atom. The number of hydrogen-bond donors (Lipinski definition) is 2. The van der Waals surface area contributed by atoms with Gasteiger partial charge in [0.05, 0.1) is 16.8 Å². The molecule has 0 bridgehead atoms. The lowest BCUT2D eigenvalue weighted by Gasteiger charge is -2.30. The van der Waals surface area contributed by atoms with Gasteiger partial charge < -0.3 is 10.8 Å². The zero-order valence-electron chi connectivity index (χ0n) is 23.0. The highest BCUT2D eigenvalue weighted by atomic mass is 16.3. The second kappa shape index (κ2) is 10.1. The predicted octanol–water partition coefficient (Wildman–Crippen LogP) is 6.63. The van der Waals surface area contributed by atoms with Crippen LogP contribution < -0.4 is 11.3 Å².